The molecule has 0 heterocycles. The zero-order valence-electron chi connectivity index (χ0n) is 38.7. The first-order valence-corrected chi connectivity index (χ1v) is 23.6. The number of fused-ring (bicyclic) bond motifs is 3. The number of hydrogen-bond acceptors (Lipinski definition) is 6. The number of nitrogens with zero attached hydrogens (tertiary/aromatic N) is 1. The highest BCUT2D eigenvalue weighted by atomic mass is 16.7. The molecule has 0 aliphatic heterocycles. The van der Waals surface area contributed by atoms with Crippen molar-refractivity contribution in [3.8, 4) is 11.1 Å². The number of nitrogens with one attached hydrogen (secondary N) is 2. The molecule has 0 bridgehead atoms. The van der Waals surface area contributed by atoms with Crippen LogP contribution in [0, 0.1) is 0 Å². The summed E-state index contributed by atoms with van der Waals surface area (Å²) in [6.45, 7) is 4.82. The second kappa shape index (κ2) is 22.9. The second-order valence-electron chi connectivity index (χ2n) is 16.9. The molecule has 346 valence electrons. The van der Waals surface area contributed by atoms with Crippen molar-refractivity contribution < 1.29 is 28.6 Å². The van der Waals surface area contributed by atoms with Gasteiger partial charge in [0.2, 0.25) is 11.8 Å². The fraction of sp³-hybridized carbons (Fsp3) is 0.237. The van der Waals surface area contributed by atoms with E-state index in [4.69, 9.17) is 14.2 Å². The van der Waals surface area contributed by atoms with Gasteiger partial charge in [0, 0.05) is 31.6 Å². The number of ether oxygens (including phenoxy) is 3. The molecular formula is C59H59N3O6. The first kappa shape index (κ1) is 47.2. The first-order valence-electron chi connectivity index (χ1n) is 23.6. The molecule has 8 rings (SSSR count). The average molecular weight is 906 g/mol. The molecule has 1 atom stereocenters. The number of hydrogen-bond donors (Lipinski definition) is 2. The van der Waals surface area contributed by atoms with E-state index in [0.29, 0.717) is 19.6 Å². The molecule has 1 unspecified atom stereocenters. The van der Waals surface area contributed by atoms with Gasteiger partial charge in [-0.25, -0.2) is 4.79 Å². The Morgan fingerprint density at radius 2 is 1.00 bits per heavy atom. The molecule has 9 nitrogen and oxygen atoms in total. The van der Waals surface area contributed by atoms with Crippen LogP contribution in [-0.4, -0.2) is 68.0 Å². The lowest BCUT2D eigenvalue weighted by molar-refractivity contribution is -0.160. The van der Waals surface area contributed by atoms with E-state index in [1.165, 1.54) is 0 Å². The summed E-state index contributed by atoms with van der Waals surface area (Å²) in [5, 5.41) is 6.30. The largest absolute Gasteiger partial charge is 0.449 e. The number of carbonyl (C=O) groups is 3. The smallest absolute Gasteiger partial charge is 0.407 e. The summed E-state index contributed by atoms with van der Waals surface area (Å²) in [5.41, 5.74) is 7.82. The standard InChI is InChI=1S/C59H59N3O6/c1-3-66-56(67-4-2)41-62(39-38-48(43-24-10-5-11-25-43)44-26-12-6-13-27-44)57(64)54(60-58(65)68-42-53-51-36-22-20-34-49(51)50-35-21-23-37-52(50)53)40-55(63)61-59(45-28-14-7-15-29-45,46-30-16-8-17-31-46)47-32-18-9-19-33-47/h5-37,48,53-54,56H,3-4,38-42H2,1-2H3,(H,60,65)(H,61,63). The quantitative estimate of drug-likeness (QED) is 0.0550. The van der Waals surface area contributed by atoms with Crippen LogP contribution in [0.25, 0.3) is 11.1 Å². The van der Waals surface area contributed by atoms with Gasteiger partial charge in [-0.15, -0.1) is 0 Å². The van der Waals surface area contributed by atoms with Gasteiger partial charge in [-0.1, -0.05) is 200 Å². The lowest BCUT2D eigenvalue weighted by Crippen LogP contribution is -2.55. The molecule has 0 aromatic heterocycles. The van der Waals surface area contributed by atoms with Crippen LogP contribution in [0.2, 0.25) is 0 Å². The molecule has 3 amide bonds. The van der Waals surface area contributed by atoms with E-state index in [1.54, 1.807) is 4.90 Å². The van der Waals surface area contributed by atoms with Crippen LogP contribution in [0.3, 0.4) is 0 Å². The molecule has 0 radical (unpaired) electrons. The number of alkyl carbamates (subject to hydrolysis) is 1. The first-order chi connectivity index (χ1) is 33.4. The van der Waals surface area contributed by atoms with Gasteiger partial charge < -0.3 is 29.7 Å². The van der Waals surface area contributed by atoms with Gasteiger partial charge in [0.25, 0.3) is 0 Å². The minimum Gasteiger partial charge on any atom is -0.449 e. The Kier molecular flexibility index (Phi) is 15.9. The maximum atomic E-state index is 15.5. The molecular weight excluding hydrogens is 847 g/mol. The van der Waals surface area contributed by atoms with Crippen molar-refractivity contribution >= 4 is 17.9 Å². The van der Waals surface area contributed by atoms with Crippen molar-refractivity contribution in [3.05, 3.63) is 239 Å². The highest BCUT2D eigenvalue weighted by molar-refractivity contribution is 5.92. The van der Waals surface area contributed by atoms with Crippen molar-refractivity contribution in [1.29, 1.82) is 0 Å². The number of benzene rings is 7. The molecule has 0 saturated heterocycles. The zero-order chi connectivity index (χ0) is 47.1. The third-order valence-electron chi connectivity index (χ3n) is 12.7. The van der Waals surface area contributed by atoms with Crippen LogP contribution >= 0.6 is 0 Å². The molecule has 0 spiro atoms. The van der Waals surface area contributed by atoms with E-state index >= 15 is 9.59 Å². The van der Waals surface area contributed by atoms with E-state index in [1.807, 2.05) is 166 Å². The highest BCUT2D eigenvalue weighted by Gasteiger charge is 2.40. The van der Waals surface area contributed by atoms with Gasteiger partial charge in [0.15, 0.2) is 6.29 Å². The SMILES string of the molecule is CCOC(CN(CCC(c1ccccc1)c1ccccc1)C(=O)C(CC(=O)NC(c1ccccc1)(c1ccccc1)c1ccccc1)NC(=O)OCC1c2ccccc2-c2ccccc21)OCC. The fourth-order valence-electron chi connectivity index (χ4n) is 9.61. The predicted molar refractivity (Wildman–Crippen MR) is 267 cm³/mol. The Labute approximate surface area is 400 Å². The Morgan fingerprint density at radius 1 is 0.574 bits per heavy atom. The van der Waals surface area contributed by atoms with E-state index in [-0.39, 0.29) is 31.5 Å². The summed E-state index contributed by atoms with van der Waals surface area (Å²) in [4.78, 5) is 46.5. The summed E-state index contributed by atoms with van der Waals surface area (Å²) in [7, 11) is 0. The van der Waals surface area contributed by atoms with Crippen molar-refractivity contribution in [1.82, 2.24) is 15.5 Å². The zero-order valence-corrected chi connectivity index (χ0v) is 38.7. The van der Waals surface area contributed by atoms with Gasteiger partial charge in [0.05, 0.1) is 13.0 Å². The summed E-state index contributed by atoms with van der Waals surface area (Å²) in [6, 6.07) is 64.7. The molecule has 7 aromatic rings. The third kappa shape index (κ3) is 10.9. The molecule has 9 heteroatoms. The molecule has 0 fully saturated rings. The Hall–Kier alpha value is -7.33. The molecule has 1 aliphatic rings. The van der Waals surface area contributed by atoms with Crippen molar-refractivity contribution in [2.45, 2.75) is 56.4 Å². The number of rotatable bonds is 21. The average Bonchev–Trinajstić information content (AvgIpc) is 3.71. The van der Waals surface area contributed by atoms with Crippen LogP contribution in [-0.2, 0) is 29.3 Å². The molecule has 68 heavy (non-hydrogen) atoms. The summed E-state index contributed by atoms with van der Waals surface area (Å²) >= 11 is 0. The van der Waals surface area contributed by atoms with Gasteiger partial charge in [-0.3, -0.25) is 9.59 Å². The summed E-state index contributed by atoms with van der Waals surface area (Å²) < 4.78 is 18.1. The van der Waals surface area contributed by atoms with Gasteiger partial charge in [0.1, 0.15) is 18.2 Å². The van der Waals surface area contributed by atoms with Crippen LogP contribution in [0.4, 0.5) is 4.79 Å². The minimum atomic E-state index is -1.35. The maximum Gasteiger partial charge on any atom is 0.407 e. The lowest BCUT2D eigenvalue weighted by atomic mass is 9.77. The van der Waals surface area contributed by atoms with Crippen LogP contribution in [0.15, 0.2) is 200 Å². The highest BCUT2D eigenvalue weighted by Crippen LogP contribution is 2.44. The van der Waals surface area contributed by atoms with Crippen LogP contribution in [0.1, 0.15) is 77.5 Å². The second-order valence-corrected chi connectivity index (χ2v) is 16.9. The molecule has 1 aliphatic carbocycles. The van der Waals surface area contributed by atoms with Crippen molar-refractivity contribution in [2.24, 2.45) is 0 Å². The Bertz CT molecular complexity index is 2510. The van der Waals surface area contributed by atoms with Gasteiger partial charge in [-0.2, -0.15) is 0 Å². The monoisotopic (exact) mass is 905 g/mol. The third-order valence-corrected chi connectivity index (χ3v) is 12.7. The molecule has 0 saturated carbocycles. The summed E-state index contributed by atoms with van der Waals surface area (Å²) in [6.07, 6.45) is -1.43. The lowest BCUT2D eigenvalue weighted by Gasteiger charge is -2.37. The number of amides is 3. The van der Waals surface area contributed by atoms with Gasteiger partial charge in [-0.05, 0) is 70.3 Å². The van der Waals surface area contributed by atoms with Crippen molar-refractivity contribution in [2.75, 3.05) is 32.9 Å². The van der Waals surface area contributed by atoms with Crippen LogP contribution in [0.5, 0.6) is 0 Å². The predicted octanol–water partition coefficient (Wildman–Crippen LogP) is 10.8. The Morgan fingerprint density at radius 3 is 1.46 bits per heavy atom. The van der Waals surface area contributed by atoms with Crippen LogP contribution < -0.4 is 10.6 Å². The topological polar surface area (TPSA) is 106 Å². The number of carbonyl (C=O) groups excluding carboxylic acids is 3. The van der Waals surface area contributed by atoms with E-state index in [2.05, 4.69) is 59.2 Å². The van der Waals surface area contributed by atoms with E-state index < -0.39 is 42.2 Å². The van der Waals surface area contributed by atoms with Crippen molar-refractivity contribution in [3.63, 3.8) is 0 Å². The van der Waals surface area contributed by atoms with E-state index in [0.717, 1.165) is 50.1 Å². The normalized spacial score (nSPS) is 12.5. The van der Waals surface area contributed by atoms with E-state index in [9.17, 15) is 4.79 Å². The summed E-state index contributed by atoms with van der Waals surface area (Å²) in [5.74, 6) is -1.21. The van der Waals surface area contributed by atoms with Gasteiger partial charge >= 0.3 is 6.09 Å². The fourth-order valence-corrected chi connectivity index (χ4v) is 9.61. The maximum absolute atomic E-state index is 15.5. The molecule has 7 aromatic carbocycles. The Balaban J connectivity index is 1.14. The minimum absolute atomic E-state index is 0.0302. The molecule has 2 N–H and O–H groups in total.